The summed E-state index contributed by atoms with van der Waals surface area (Å²) < 4.78 is 42.3. The topological polar surface area (TPSA) is 98.9 Å². The van der Waals surface area contributed by atoms with E-state index >= 15 is 0 Å². The summed E-state index contributed by atoms with van der Waals surface area (Å²) in [5.74, 6) is 0.0615. The summed E-state index contributed by atoms with van der Waals surface area (Å²) in [6.07, 6.45) is 3.72. The Morgan fingerprint density at radius 1 is 1.19 bits per heavy atom. The van der Waals surface area contributed by atoms with E-state index in [9.17, 15) is 13.2 Å². The number of hydrogen-bond acceptors (Lipinski definition) is 7. The fraction of sp³-hybridized carbons (Fsp3) is 0.444. The van der Waals surface area contributed by atoms with Crippen molar-refractivity contribution < 1.29 is 27.1 Å². The molecule has 0 atom stereocenters. The third-order valence-electron chi connectivity index (χ3n) is 3.97. The third kappa shape index (κ3) is 5.30. The van der Waals surface area contributed by atoms with E-state index in [1.54, 1.807) is 12.1 Å². The Kier molecular flexibility index (Phi) is 7.37. The predicted molar refractivity (Wildman–Crippen MR) is 98.0 cm³/mol. The van der Waals surface area contributed by atoms with Gasteiger partial charge in [0.05, 0.1) is 25.7 Å². The molecular weight excluding hydrogens is 372 g/mol. The van der Waals surface area contributed by atoms with E-state index in [0.29, 0.717) is 18.7 Å². The van der Waals surface area contributed by atoms with E-state index in [-0.39, 0.29) is 23.0 Å². The van der Waals surface area contributed by atoms with Crippen LogP contribution in [0.2, 0.25) is 0 Å². The number of nitrogens with zero attached hydrogens (tertiary/aromatic N) is 2. The van der Waals surface area contributed by atoms with Crippen LogP contribution in [-0.2, 0) is 21.3 Å². The second-order valence-corrected chi connectivity index (χ2v) is 7.78. The number of aromatic nitrogens is 1. The van der Waals surface area contributed by atoms with Crippen LogP contribution in [0.3, 0.4) is 0 Å². The average Bonchev–Trinajstić information content (AvgIpc) is 3.15. The van der Waals surface area contributed by atoms with Crippen LogP contribution in [0.5, 0.6) is 5.75 Å². The highest BCUT2D eigenvalue weighted by Gasteiger charge is 2.26. The van der Waals surface area contributed by atoms with Crippen molar-refractivity contribution in [2.24, 2.45) is 0 Å². The lowest BCUT2D eigenvalue weighted by atomic mass is 10.2. The summed E-state index contributed by atoms with van der Waals surface area (Å²) in [5, 5.41) is 0. The molecule has 0 radical (unpaired) electrons. The maximum Gasteiger partial charge on any atom is 0.360 e. The minimum absolute atomic E-state index is 0.00264. The molecule has 0 aliphatic carbocycles. The van der Waals surface area contributed by atoms with Gasteiger partial charge in [0.2, 0.25) is 15.9 Å². The van der Waals surface area contributed by atoms with E-state index in [2.05, 4.69) is 9.72 Å². The van der Waals surface area contributed by atoms with Gasteiger partial charge >= 0.3 is 5.97 Å². The number of unbranched alkanes of at least 4 members (excludes halogenated alkanes) is 2. The van der Waals surface area contributed by atoms with Crippen LogP contribution >= 0.6 is 0 Å². The predicted octanol–water partition coefficient (Wildman–Crippen LogP) is 2.85. The first kappa shape index (κ1) is 20.9. The maximum atomic E-state index is 13.1. The summed E-state index contributed by atoms with van der Waals surface area (Å²) in [7, 11) is -1.01. The van der Waals surface area contributed by atoms with E-state index in [4.69, 9.17) is 9.15 Å². The number of carbonyl (C=O) groups excluding carboxylic acids is 1. The quantitative estimate of drug-likeness (QED) is 0.450. The summed E-state index contributed by atoms with van der Waals surface area (Å²) in [6, 6.07) is 6.18. The zero-order valence-electron chi connectivity index (χ0n) is 15.7. The van der Waals surface area contributed by atoms with Gasteiger partial charge in [0.25, 0.3) is 0 Å². The molecule has 1 aromatic heterocycles. The zero-order valence-corrected chi connectivity index (χ0v) is 16.5. The monoisotopic (exact) mass is 396 g/mol. The standard InChI is InChI=1S/C18H24N2O6S/c1-4-5-6-11-20(12-17-19-16(13-26-17)18(21)25-3)27(22,23)15-9-7-14(24-2)8-10-15/h7-10,13H,4-6,11-12H2,1-3H3. The number of methoxy groups -OCH3 is 2. The van der Waals surface area contributed by atoms with Crippen LogP contribution < -0.4 is 4.74 Å². The van der Waals surface area contributed by atoms with Gasteiger partial charge in [-0.05, 0) is 30.7 Å². The minimum Gasteiger partial charge on any atom is -0.497 e. The first-order valence-corrected chi connectivity index (χ1v) is 10.0. The van der Waals surface area contributed by atoms with Crippen LogP contribution in [-0.4, -0.2) is 44.4 Å². The lowest BCUT2D eigenvalue weighted by Gasteiger charge is -2.21. The SMILES string of the molecule is CCCCCN(Cc1nc(C(=O)OC)co1)S(=O)(=O)c1ccc(OC)cc1. The third-order valence-corrected chi connectivity index (χ3v) is 5.83. The molecule has 0 aliphatic rings. The molecule has 8 nitrogen and oxygen atoms in total. The molecule has 1 aromatic carbocycles. The summed E-state index contributed by atoms with van der Waals surface area (Å²) in [6.45, 7) is 2.28. The van der Waals surface area contributed by atoms with Crippen molar-refractivity contribution in [3.05, 3.63) is 42.1 Å². The minimum atomic E-state index is -3.76. The van der Waals surface area contributed by atoms with Gasteiger partial charge in [-0.2, -0.15) is 4.31 Å². The lowest BCUT2D eigenvalue weighted by Crippen LogP contribution is -2.31. The largest absolute Gasteiger partial charge is 0.497 e. The van der Waals surface area contributed by atoms with Gasteiger partial charge in [0.1, 0.15) is 12.0 Å². The number of esters is 1. The number of ether oxygens (including phenoxy) is 2. The van der Waals surface area contributed by atoms with Crippen molar-refractivity contribution in [3.63, 3.8) is 0 Å². The Morgan fingerprint density at radius 2 is 1.89 bits per heavy atom. The van der Waals surface area contributed by atoms with Crippen molar-refractivity contribution in [3.8, 4) is 5.75 Å². The van der Waals surface area contributed by atoms with Crippen LogP contribution in [0.1, 0.15) is 42.6 Å². The zero-order chi connectivity index (χ0) is 19.9. The number of hydrogen-bond donors (Lipinski definition) is 0. The molecule has 0 bridgehead atoms. The molecule has 27 heavy (non-hydrogen) atoms. The molecule has 9 heteroatoms. The fourth-order valence-corrected chi connectivity index (χ4v) is 3.88. The molecule has 0 fully saturated rings. The second kappa shape index (κ2) is 9.52. The van der Waals surface area contributed by atoms with Crippen LogP contribution in [0.15, 0.2) is 39.8 Å². The molecule has 0 unspecified atom stereocenters. The van der Waals surface area contributed by atoms with Crippen molar-refractivity contribution in [2.75, 3.05) is 20.8 Å². The van der Waals surface area contributed by atoms with Gasteiger partial charge in [-0.1, -0.05) is 19.8 Å². The first-order valence-electron chi connectivity index (χ1n) is 8.59. The Bertz CT molecular complexity index is 845. The number of carbonyl (C=O) groups is 1. The molecular formula is C18H24N2O6S. The van der Waals surface area contributed by atoms with Gasteiger partial charge < -0.3 is 13.9 Å². The first-order chi connectivity index (χ1) is 12.9. The normalized spacial score (nSPS) is 11.6. The number of sulfonamides is 1. The fourth-order valence-electron chi connectivity index (χ4n) is 2.45. The number of benzene rings is 1. The smallest absolute Gasteiger partial charge is 0.360 e. The Morgan fingerprint density at radius 3 is 2.48 bits per heavy atom. The highest BCUT2D eigenvalue weighted by molar-refractivity contribution is 7.89. The lowest BCUT2D eigenvalue weighted by molar-refractivity contribution is 0.0594. The molecule has 148 valence electrons. The highest BCUT2D eigenvalue weighted by Crippen LogP contribution is 2.22. The molecule has 0 spiro atoms. The van der Waals surface area contributed by atoms with E-state index in [0.717, 1.165) is 19.1 Å². The summed E-state index contributed by atoms with van der Waals surface area (Å²) >= 11 is 0. The van der Waals surface area contributed by atoms with Crippen molar-refractivity contribution in [1.29, 1.82) is 0 Å². The van der Waals surface area contributed by atoms with Crippen molar-refractivity contribution in [2.45, 2.75) is 37.6 Å². The van der Waals surface area contributed by atoms with E-state index in [1.165, 1.54) is 30.7 Å². The molecule has 2 rings (SSSR count). The molecule has 0 saturated heterocycles. The van der Waals surface area contributed by atoms with Crippen molar-refractivity contribution >= 4 is 16.0 Å². The average molecular weight is 396 g/mol. The van der Waals surface area contributed by atoms with Gasteiger partial charge in [-0.25, -0.2) is 18.2 Å². The molecule has 2 aromatic rings. The maximum absolute atomic E-state index is 13.1. The molecule has 0 amide bonds. The van der Waals surface area contributed by atoms with Gasteiger partial charge in [-0.15, -0.1) is 0 Å². The van der Waals surface area contributed by atoms with Crippen LogP contribution in [0, 0.1) is 0 Å². The van der Waals surface area contributed by atoms with Gasteiger partial charge in [0.15, 0.2) is 5.69 Å². The number of oxazole rings is 1. The molecule has 0 saturated carbocycles. The number of rotatable bonds is 10. The van der Waals surface area contributed by atoms with Crippen LogP contribution in [0.4, 0.5) is 0 Å². The van der Waals surface area contributed by atoms with Gasteiger partial charge in [-0.3, -0.25) is 0 Å². The molecule has 0 N–H and O–H groups in total. The molecule has 1 heterocycles. The highest BCUT2D eigenvalue weighted by atomic mass is 32.2. The Balaban J connectivity index is 2.26. The summed E-state index contributed by atoms with van der Waals surface area (Å²) in [4.78, 5) is 15.7. The molecule has 0 aliphatic heterocycles. The van der Waals surface area contributed by atoms with Crippen molar-refractivity contribution in [1.82, 2.24) is 9.29 Å². The Labute approximate surface area is 159 Å². The van der Waals surface area contributed by atoms with Crippen LogP contribution in [0.25, 0.3) is 0 Å². The Hall–Kier alpha value is -2.39. The van der Waals surface area contributed by atoms with E-state index in [1.807, 2.05) is 6.92 Å². The van der Waals surface area contributed by atoms with Gasteiger partial charge in [0, 0.05) is 6.54 Å². The second-order valence-electron chi connectivity index (χ2n) is 5.84. The van der Waals surface area contributed by atoms with E-state index < -0.39 is 16.0 Å². The summed E-state index contributed by atoms with van der Waals surface area (Å²) in [5.41, 5.74) is 0.00264.